The van der Waals surface area contributed by atoms with Crippen LogP contribution in [0.15, 0.2) is 36.4 Å². The number of hydrogen-bond donors (Lipinski definition) is 1. The van der Waals surface area contributed by atoms with Crippen molar-refractivity contribution >= 4 is 29.0 Å². The molecule has 1 N–H and O–H groups in total. The number of carbonyl (C=O) groups excluding carboxylic acids is 2. The summed E-state index contributed by atoms with van der Waals surface area (Å²) in [6, 6.07) is 10.2. The average molecular weight is 436 g/mol. The SMILES string of the molecule is COCCOc1c(Cl)cccc1NC(=O)CCCOc1ccc(C(C)=O)cc1OC. The summed E-state index contributed by atoms with van der Waals surface area (Å²) < 4.78 is 21.5. The van der Waals surface area contributed by atoms with Crippen LogP contribution in [0, 0.1) is 0 Å². The zero-order valence-corrected chi connectivity index (χ0v) is 18.1. The van der Waals surface area contributed by atoms with E-state index >= 15 is 0 Å². The molecule has 0 aliphatic rings. The first-order chi connectivity index (χ1) is 14.5. The maximum Gasteiger partial charge on any atom is 0.224 e. The molecule has 0 aliphatic heterocycles. The van der Waals surface area contributed by atoms with E-state index in [0.717, 1.165) is 0 Å². The van der Waals surface area contributed by atoms with Crippen LogP contribution in [-0.2, 0) is 9.53 Å². The van der Waals surface area contributed by atoms with Gasteiger partial charge in [0.05, 0.1) is 31.0 Å². The molecule has 0 aromatic heterocycles. The van der Waals surface area contributed by atoms with E-state index < -0.39 is 0 Å². The lowest BCUT2D eigenvalue weighted by Crippen LogP contribution is -2.14. The topological polar surface area (TPSA) is 83.1 Å². The summed E-state index contributed by atoms with van der Waals surface area (Å²) in [5, 5.41) is 3.22. The Kier molecular flexibility index (Phi) is 9.44. The fraction of sp³-hybridized carbons (Fsp3) is 0.364. The number of amides is 1. The number of halogens is 1. The second-order valence-electron chi connectivity index (χ2n) is 6.38. The van der Waals surface area contributed by atoms with Gasteiger partial charge in [-0.25, -0.2) is 0 Å². The molecule has 7 nitrogen and oxygen atoms in total. The molecule has 0 radical (unpaired) electrons. The number of hydrogen-bond acceptors (Lipinski definition) is 6. The molecular weight excluding hydrogens is 410 g/mol. The number of nitrogens with one attached hydrogen (secondary N) is 1. The zero-order valence-electron chi connectivity index (χ0n) is 17.3. The van der Waals surface area contributed by atoms with Crippen LogP contribution >= 0.6 is 11.6 Å². The van der Waals surface area contributed by atoms with E-state index in [-0.39, 0.29) is 18.1 Å². The molecule has 2 rings (SSSR count). The van der Waals surface area contributed by atoms with Gasteiger partial charge in [0.25, 0.3) is 0 Å². The first-order valence-electron chi connectivity index (χ1n) is 9.48. The predicted molar refractivity (Wildman–Crippen MR) is 115 cm³/mol. The minimum Gasteiger partial charge on any atom is -0.493 e. The van der Waals surface area contributed by atoms with Crippen LogP contribution in [0.5, 0.6) is 17.2 Å². The van der Waals surface area contributed by atoms with Crippen molar-refractivity contribution in [3.63, 3.8) is 0 Å². The Morgan fingerprint density at radius 3 is 2.50 bits per heavy atom. The van der Waals surface area contributed by atoms with Crippen molar-refractivity contribution in [2.45, 2.75) is 19.8 Å². The highest BCUT2D eigenvalue weighted by Gasteiger charge is 2.12. The number of carbonyl (C=O) groups is 2. The van der Waals surface area contributed by atoms with Gasteiger partial charge in [-0.05, 0) is 43.7 Å². The summed E-state index contributed by atoms with van der Waals surface area (Å²) in [4.78, 5) is 23.8. The first-order valence-corrected chi connectivity index (χ1v) is 9.86. The van der Waals surface area contributed by atoms with Gasteiger partial charge >= 0.3 is 0 Å². The maximum atomic E-state index is 12.3. The Balaban J connectivity index is 1.86. The number of Topliss-reactive ketones (excluding diaryl/α,β-unsaturated/α-hetero) is 1. The summed E-state index contributed by atoms with van der Waals surface area (Å²) in [5.41, 5.74) is 1.05. The van der Waals surface area contributed by atoms with E-state index in [0.29, 0.717) is 59.8 Å². The molecule has 0 atom stereocenters. The molecular formula is C22H26ClNO6. The average Bonchev–Trinajstić information content (AvgIpc) is 2.73. The van der Waals surface area contributed by atoms with Gasteiger partial charge in [0, 0.05) is 19.1 Å². The predicted octanol–water partition coefficient (Wildman–Crippen LogP) is 4.37. The second-order valence-corrected chi connectivity index (χ2v) is 6.79. The molecule has 2 aromatic carbocycles. The molecule has 1 amide bonds. The number of para-hydroxylation sites is 1. The van der Waals surface area contributed by atoms with Crippen LogP contribution in [0.1, 0.15) is 30.1 Å². The van der Waals surface area contributed by atoms with E-state index in [4.69, 9.17) is 30.5 Å². The zero-order chi connectivity index (χ0) is 21.9. The van der Waals surface area contributed by atoms with Crippen molar-refractivity contribution in [3.8, 4) is 17.2 Å². The smallest absolute Gasteiger partial charge is 0.224 e. The monoisotopic (exact) mass is 435 g/mol. The Bertz CT molecular complexity index is 871. The molecule has 0 saturated heterocycles. The molecule has 2 aromatic rings. The maximum absolute atomic E-state index is 12.3. The number of methoxy groups -OCH3 is 2. The van der Waals surface area contributed by atoms with Crippen molar-refractivity contribution in [2.75, 3.05) is 39.4 Å². The highest BCUT2D eigenvalue weighted by atomic mass is 35.5. The van der Waals surface area contributed by atoms with Gasteiger partial charge in [-0.15, -0.1) is 0 Å². The first kappa shape index (κ1) is 23.5. The summed E-state index contributed by atoms with van der Waals surface area (Å²) in [6.07, 6.45) is 0.738. The molecule has 0 saturated carbocycles. The van der Waals surface area contributed by atoms with Gasteiger partial charge in [-0.2, -0.15) is 0 Å². The van der Waals surface area contributed by atoms with Crippen molar-refractivity contribution in [2.24, 2.45) is 0 Å². The summed E-state index contributed by atoms with van der Waals surface area (Å²) in [6.45, 7) is 2.53. The quantitative estimate of drug-likeness (QED) is 0.393. The third-order valence-electron chi connectivity index (χ3n) is 4.15. The minimum atomic E-state index is -0.184. The van der Waals surface area contributed by atoms with Crippen molar-refractivity contribution in [1.29, 1.82) is 0 Å². The number of ether oxygens (including phenoxy) is 4. The van der Waals surface area contributed by atoms with Crippen LogP contribution in [0.4, 0.5) is 5.69 Å². The highest BCUT2D eigenvalue weighted by Crippen LogP contribution is 2.33. The van der Waals surface area contributed by atoms with Crippen LogP contribution in [0.2, 0.25) is 5.02 Å². The molecule has 0 spiro atoms. The number of ketones is 1. The van der Waals surface area contributed by atoms with E-state index in [2.05, 4.69) is 5.32 Å². The Morgan fingerprint density at radius 2 is 1.80 bits per heavy atom. The van der Waals surface area contributed by atoms with Gasteiger partial charge in [-0.3, -0.25) is 9.59 Å². The summed E-state index contributed by atoms with van der Waals surface area (Å²) >= 11 is 6.18. The van der Waals surface area contributed by atoms with Crippen molar-refractivity contribution in [1.82, 2.24) is 0 Å². The highest BCUT2D eigenvalue weighted by molar-refractivity contribution is 6.32. The molecule has 0 bridgehead atoms. The van der Waals surface area contributed by atoms with Crippen LogP contribution in [0.25, 0.3) is 0 Å². The molecule has 0 fully saturated rings. The fourth-order valence-corrected chi connectivity index (χ4v) is 2.84. The van der Waals surface area contributed by atoms with Crippen molar-refractivity contribution in [3.05, 3.63) is 47.0 Å². The lowest BCUT2D eigenvalue weighted by molar-refractivity contribution is -0.116. The Labute approximate surface area is 181 Å². The summed E-state index contributed by atoms with van der Waals surface area (Å²) in [7, 11) is 3.09. The molecule has 0 aliphatic carbocycles. The van der Waals surface area contributed by atoms with E-state index in [1.165, 1.54) is 14.0 Å². The summed E-state index contributed by atoms with van der Waals surface area (Å²) in [5.74, 6) is 1.17. The van der Waals surface area contributed by atoms with Gasteiger partial charge in [0.1, 0.15) is 6.61 Å². The molecule has 8 heteroatoms. The van der Waals surface area contributed by atoms with Gasteiger partial charge in [0.15, 0.2) is 23.0 Å². The van der Waals surface area contributed by atoms with Crippen LogP contribution in [0.3, 0.4) is 0 Å². The third kappa shape index (κ3) is 6.93. The van der Waals surface area contributed by atoms with E-state index in [1.807, 2.05) is 0 Å². The molecule has 30 heavy (non-hydrogen) atoms. The fourth-order valence-electron chi connectivity index (χ4n) is 2.61. The Hall–Kier alpha value is -2.77. The standard InChI is InChI=1S/C22H26ClNO6/c1-15(25)16-9-10-19(20(14-16)28-3)29-11-5-8-21(26)24-18-7-4-6-17(23)22(18)30-13-12-27-2/h4,6-7,9-10,14H,5,8,11-13H2,1-3H3,(H,24,26). The van der Waals surface area contributed by atoms with Crippen LogP contribution < -0.4 is 19.5 Å². The third-order valence-corrected chi connectivity index (χ3v) is 4.45. The van der Waals surface area contributed by atoms with Crippen molar-refractivity contribution < 1.29 is 28.5 Å². The largest absolute Gasteiger partial charge is 0.493 e. The minimum absolute atomic E-state index is 0.0527. The molecule has 162 valence electrons. The molecule has 0 unspecified atom stereocenters. The van der Waals surface area contributed by atoms with E-state index in [1.54, 1.807) is 43.5 Å². The van der Waals surface area contributed by atoms with Gasteiger partial charge < -0.3 is 24.3 Å². The number of rotatable bonds is 12. The van der Waals surface area contributed by atoms with E-state index in [9.17, 15) is 9.59 Å². The lowest BCUT2D eigenvalue weighted by atomic mass is 10.1. The normalized spacial score (nSPS) is 10.4. The second kappa shape index (κ2) is 12.0. The van der Waals surface area contributed by atoms with Gasteiger partial charge in [0.2, 0.25) is 5.91 Å². The lowest BCUT2D eigenvalue weighted by Gasteiger charge is -2.14. The van der Waals surface area contributed by atoms with Crippen LogP contribution in [-0.4, -0.2) is 45.7 Å². The Morgan fingerprint density at radius 1 is 1.00 bits per heavy atom. The number of anilines is 1. The van der Waals surface area contributed by atoms with Gasteiger partial charge in [-0.1, -0.05) is 17.7 Å². The number of benzene rings is 2. The molecule has 0 heterocycles.